The number of carbonyl (C=O) groups excluding carboxylic acids is 2. The van der Waals surface area contributed by atoms with Crippen molar-refractivity contribution in [3.63, 3.8) is 0 Å². The van der Waals surface area contributed by atoms with E-state index in [0.717, 1.165) is 18.4 Å². The van der Waals surface area contributed by atoms with Gasteiger partial charge in [-0.25, -0.2) is 4.79 Å². The summed E-state index contributed by atoms with van der Waals surface area (Å²) >= 11 is 0. The molecule has 0 radical (unpaired) electrons. The van der Waals surface area contributed by atoms with E-state index in [9.17, 15) is 14.7 Å². The third-order valence-electron chi connectivity index (χ3n) is 4.10. The normalized spacial score (nSPS) is 21.5. The lowest BCUT2D eigenvalue weighted by molar-refractivity contribution is -0.154. The van der Waals surface area contributed by atoms with Gasteiger partial charge in [-0.3, -0.25) is 4.79 Å². The highest BCUT2D eigenvalue weighted by Gasteiger charge is 2.33. The topological polar surface area (TPSA) is 75.6 Å². The highest BCUT2D eigenvalue weighted by Crippen LogP contribution is 2.32. The van der Waals surface area contributed by atoms with Gasteiger partial charge in [0.2, 0.25) is 5.91 Å². The molecule has 2 atom stereocenters. The fourth-order valence-corrected chi connectivity index (χ4v) is 2.48. The molecule has 2 N–H and O–H groups in total. The summed E-state index contributed by atoms with van der Waals surface area (Å²) in [5.41, 5.74) is 0.376. The Bertz CT molecular complexity index is 570. The number of esters is 1. The van der Waals surface area contributed by atoms with Gasteiger partial charge in [0.25, 0.3) is 0 Å². The minimum Gasteiger partial charge on any atom is -0.459 e. The van der Waals surface area contributed by atoms with E-state index in [1.807, 2.05) is 43.3 Å². The monoisotopic (exact) mass is 317 g/mol. The Labute approximate surface area is 136 Å². The molecule has 2 rings (SSSR count). The Hall–Kier alpha value is -2.14. The molecule has 0 saturated heterocycles. The van der Waals surface area contributed by atoms with E-state index in [1.54, 1.807) is 0 Å². The van der Waals surface area contributed by atoms with Crippen LogP contribution in [-0.2, 0) is 20.9 Å². The molecule has 0 heterocycles. The van der Waals surface area contributed by atoms with Crippen molar-refractivity contribution in [3.8, 4) is 0 Å². The van der Waals surface area contributed by atoms with Gasteiger partial charge in [-0.1, -0.05) is 49.4 Å². The quantitative estimate of drug-likeness (QED) is 0.621. The zero-order chi connectivity index (χ0) is 16.7. The van der Waals surface area contributed by atoms with Crippen molar-refractivity contribution in [1.82, 2.24) is 5.32 Å². The number of hydrogen-bond donors (Lipinski definition) is 2. The van der Waals surface area contributed by atoms with Crippen LogP contribution in [0, 0.1) is 5.41 Å². The van der Waals surface area contributed by atoms with Crippen molar-refractivity contribution in [1.29, 1.82) is 0 Å². The third kappa shape index (κ3) is 4.93. The van der Waals surface area contributed by atoms with Crippen molar-refractivity contribution in [2.75, 3.05) is 6.54 Å². The predicted molar refractivity (Wildman–Crippen MR) is 86.4 cm³/mol. The molecule has 23 heavy (non-hydrogen) atoms. The molecule has 0 aliphatic heterocycles. The van der Waals surface area contributed by atoms with E-state index in [4.69, 9.17) is 4.74 Å². The van der Waals surface area contributed by atoms with Gasteiger partial charge in [0.1, 0.15) is 6.61 Å². The Morgan fingerprint density at radius 1 is 1.30 bits per heavy atom. The van der Waals surface area contributed by atoms with E-state index >= 15 is 0 Å². The van der Waals surface area contributed by atoms with Crippen LogP contribution in [0.1, 0.15) is 31.7 Å². The molecule has 0 aromatic heterocycles. The van der Waals surface area contributed by atoms with E-state index in [0.29, 0.717) is 6.42 Å². The standard InChI is InChI=1S/C18H23NO4/c1-18(10-6-3-7-11-18)17(22)19-12-15(20)16(21)23-13-14-8-4-2-5-9-14/h2-6,8-9,15,20H,7,10-13H2,1H3,(H,19,22). The maximum atomic E-state index is 12.2. The minimum atomic E-state index is -1.36. The zero-order valence-corrected chi connectivity index (χ0v) is 13.3. The Morgan fingerprint density at radius 3 is 2.70 bits per heavy atom. The van der Waals surface area contributed by atoms with Crippen LogP contribution < -0.4 is 5.32 Å². The van der Waals surface area contributed by atoms with E-state index < -0.39 is 17.5 Å². The largest absolute Gasteiger partial charge is 0.459 e. The lowest BCUT2D eigenvalue weighted by Gasteiger charge is -2.29. The van der Waals surface area contributed by atoms with Crippen molar-refractivity contribution in [2.24, 2.45) is 5.41 Å². The molecule has 124 valence electrons. The first-order chi connectivity index (χ1) is 11.0. The van der Waals surface area contributed by atoms with Crippen LogP contribution >= 0.6 is 0 Å². The number of allylic oxidation sites excluding steroid dienone is 2. The smallest absolute Gasteiger partial charge is 0.337 e. The van der Waals surface area contributed by atoms with Crippen LogP contribution in [0.5, 0.6) is 0 Å². The molecular formula is C18H23NO4. The van der Waals surface area contributed by atoms with Crippen LogP contribution in [0.3, 0.4) is 0 Å². The lowest BCUT2D eigenvalue weighted by atomic mass is 9.78. The van der Waals surface area contributed by atoms with Crippen molar-refractivity contribution >= 4 is 11.9 Å². The fraction of sp³-hybridized carbons (Fsp3) is 0.444. The summed E-state index contributed by atoms with van der Waals surface area (Å²) in [4.78, 5) is 24.0. The third-order valence-corrected chi connectivity index (χ3v) is 4.10. The van der Waals surface area contributed by atoms with E-state index in [1.165, 1.54) is 0 Å². The average Bonchev–Trinajstić information content (AvgIpc) is 2.58. The van der Waals surface area contributed by atoms with Crippen LogP contribution in [0.4, 0.5) is 0 Å². The van der Waals surface area contributed by atoms with Crippen molar-refractivity contribution < 1.29 is 19.4 Å². The second-order valence-corrected chi connectivity index (χ2v) is 6.09. The fourth-order valence-electron chi connectivity index (χ4n) is 2.48. The molecule has 0 bridgehead atoms. The molecule has 1 amide bonds. The number of aliphatic hydroxyl groups excluding tert-OH is 1. The average molecular weight is 317 g/mol. The van der Waals surface area contributed by atoms with Gasteiger partial charge < -0.3 is 15.2 Å². The minimum absolute atomic E-state index is 0.104. The molecule has 5 heteroatoms. The van der Waals surface area contributed by atoms with Crippen LogP contribution in [0.25, 0.3) is 0 Å². The van der Waals surface area contributed by atoms with Gasteiger partial charge in [-0.05, 0) is 24.8 Å². The number of hydrogen-bond acceptors (Lipinski definition) is 4. The summed E-state index contributed by atoms with van der Waals surface area (Å²) in [5, 5.41) is 12.5. The lowest BCUT2D eigenvalue weighted by Crippen LogP contribution is -2.44. The Balaban J connectivity index is 1.75. The number of ether oxygens (including phenoxy) is 1. The van der Waals surface area contributed by atoms with Gasteiger partial charge in [-0.15, -0.1) is 0 Å². The number of amides is 1. The highest BCUT2D eigenvalue weighted by molar-refractivity contribution is 5.83. The molecule has 1 aromatic carbocycles. The molecule has 1 aromatic rings. The number of rotatable bonds is 6. The zero-order valence-electron chi connectivity index (χ0n) is 13.3. The van der Waals surface area contributed by atoms with Gasteiger partial charge in [0.15, 0.2) is 6.10 Å². The van der Waals surface area contributed by atoms with E-state index in [2.05, 4.69) is 11.4 Å². The van der Waals surface area contributed by atoms with Gasteiger partial charge >= 0.3 is 5.97 Å². The summed E-state index contributed by atoms with van der Waals surface area (Å²) in [7, 11) is 0. The SMILES string of the molecule is CC1(C(=O)NCC(O)C(=O)OCc2ccccc2)CC=CCC1. The number of benzene rings is 1. The first kappa shape index (κ1) is 17.2. The number of carbonyl (C=O) groups is 2. The first-order valence-corrected chi connectivity index (χ1v) is 7.83. The number of nitrogens with one attached hydrogen (secondary N) is 1. The summed E-state index contributed by atoms with van der Waals surface area (Å²) in [6.07, 6.45) is 5.01. The van der Waals surface area contributed by atoms with Crippen molar-refractivity contribution in [2.45, 2.75) is 38.9 Å². The summed E-state index contributed by atoms with van der Waals surface area (Å²) in [5.74, 6) is -0.875. The molecule has 2 unspecified atom stereocenters. The summed E-state index contributed by atoms with van der Waals surface area (Å²) in [6, 6.07) is 9.23. The molecule has 5 nitrogen and oxygen atoms in total. The predicted octanol–water partition coefficient (Wildman–Crippen LogP) is 1.95. The van der Waals surface area contributed by atoms with Gasteiger partial charge in [0.05, 0.1) is 12.0 Å². The Kier molecular flexibility index (Phi) is 5.93. The molecular weight excluding hydrogens is 294 g/mol. The van der Waals surface area contributed by atoms with Crippen LogP contribution in [-0.4, -0.2) is 29.6 Å². The molecule has 1 aliphatic carbocycles. The second kappa shape index (κ2) is 7.92. The van der Waals surface area contributed by atoms with Gasteiger partial charge in [0, 0.05) is 0 Å². The van der Waals surface area contributed by atoms with Gasteiger partial charge in [-0.2, -0.15) is 0 Å². The van der Waals surface area contributed by atoms with Crippen LogP contribution in [0.2, 0.25) is 0 Å². The van der Waals surface area contributed by atoms with Crippen molar-refractivity contribution in [3.05, 3.63) is 48.0 Å². The Morgan fingerprint density at radius 2 is 2.04 bits per heavy atom. The highest BCUT2D eigenvalue weighted by atomic mass is 16.5. The maximum Gasteiger partial charge on any atom is 0.337 e. The molecule has 1 aliphatic rings. The second-order valence-electron chi connectivity index (χ2n) is 6.09. The maximum absolute atomic E-state index is 12.2. The summed E-state index contributed by atoms with van der Waals surface area (Å²) < 4.78 is 5.04. The first-order valence-electron chi connectivity index (χ1n) is 7.83. The molecule has 0 saturated carbocycles. The van der Waals surface area contributed by atoms with E-state index in [-0.39, 0.29) is 19.1 Å². The summed E-state index contributed by atoms with van der Waals surface area (Å²) in [6.45, 7) is 1.87. The molecule has 0 spiro atoms. The van der Waals surface area contributed by atoms with Crippen LogP contribution in [0.15, 0.2) is 42.5 Å². The number of aliphatic hydroxyl groups is 1. The molecule has 0 fully saturated rings.